The molecule has 1 aliphatic carbocycles. The van der Waals surface area contributed by atoms with Gasteiger partial charge >= 0.3 is 6.18 Å². The Morgan fingerprint density at radius 2 is 1.83 bits per heavy atom. The molecule has 0 radical (unpaired) electrons. The molecule has 194 valence electrons. The van der Waals surface area contributed by atoms with Gasteiger partial charge in [0.1, 0.15) is 5.54 Å². The summed E-state index contributed by atoms with van der Waals surface area (Å²) in [4.78, 5) is 32.8. The molecule has 1 aromatic carbocycles. The van der Waals surface area contributed by atoms with Crippen LogP contribution in [0.4, 0.5) is 18.9 Å². The first-order valence-electron chi connectivity index (χ1n) is 12.2. The summed E-state index contributed by atoms with van der Waals surface area (Å²) < 4.78 is 40.4. The monoisotopic (exact) mass is 521 g/mol. The lowest BCUT2D eigenvalue weighted by atomic mass is 9.84. The topological polar surface area (TPSA) is 70.9 Å². The van der Waals surface area contributed by atoms with Crippen LogP contribution in [-0.4, -0.2) is 76.4 Å². The minimum Gasteiger partial charge on any atom is -0.340 e. The zero-order chi connectivity index (χ0) is 26.3. The maximum Gasteiger partial charge on any atom is 0.417 e. The molecule has 7 nitrogen and oxygen atoms in total. The number of thiocarbonyl (C=S) groups is 1. The fourth-order valence-corrected chi connectivity index (χ4v) is 5.51. The van der Waals surface area contributed by atoms with Crippen LogP contribution in [0.1, 0.15) is 50.7 Å². The van der Waals surface area contributed by atoms with Crippen molar-refractivity contribution in [3.63, 3.8) is 0 Å². The first kappa shape index (κ1) is 26.4. The van der Waals surface area contributed by atoms with Crippen LogP contribution in [0.15, 0.2) is 18.2 Å². The van der Waals surface area contributed by atoms with E-state index in [9.17, 15) is 22.8 Å². The Morgan fingerprint density at radius 3 is 2.39 bits per heavy atom. The molecular weight excluding hydrogens is 491 g/mol. The van der Waals surface area contributed by atoms with Crippen molar-refractivity contribution >= 4 is 34.8 Å². The molecule has 3 aliphatic rings. The molecule has 0 N–H and O–H groups in total. The van der Waals surface area contributed by atoms with E-state index >= 15 is 0 Å². The molecule has 3 fully saturated rings. The zero-order valence-corrected chi connectivity index (χ0v) is 21.3. The Labute approximate surface area is 214 Å². The highest BCUT2D eigenvalue weighted by Gasteiger charge is 2.49. The van der Waals surface area contributed by atoms with Gasteiger partial charge in [0, 0.05) is 38.6 Å². The van der Waals surface area contributed by atoms with Crippen molar-refractivity contribution in [1.82, 2.24) is 14.7 Å². The minimum atomic E-state index is -4.73. The molecular formula is C25H30F3N5O2S. The van der Waals surface area contributed by atoms with Crippen LogP contribution in [-0.2, 0) is 15.8 Å². The predicted octanol–water partition coefficient (Wildman–Crippen LogP) is 3.62. The fourth-order valence-electron chi connectivity index (χ4n) is 5.00. The summed E-state index contributed by atoms with van der Waals surface area (Å²) in [6.45, 7) is 7.68. The Kier molecular flexibility index (Phi) is 7.30. The number of alkyl halides is 3. The average molecular weight is 522 g/mol. The Bertz CT molecular complexity index is 1090. The SMILES string of the molecule is CC1(C)C(=O)N(c2ccc(C#N)c(C(F)(F)F)c2)C(=S)N1CCCN1CCN(C(=O)C2CCC2)CC1. The number of hydrogen-bond donors (Lipinski definition) is 0. The lowest BCUT2D eigenvalue weighted by Gasteiger charge is -2.38. The van der Waals surface area contributed by atoms with Crippen molar-refractivity contribution in [3.05, 3.63) is 29.3 Å². The highest BCUT2D eigenvalue weighted by molar-refractivity contribution is 7.80. The summed E-state index contributed by atoms with van der Waals surface area (Å²) in [5.41, 5.74) is -2.62. The van der Waals surface area contributed by atoms with E-state index in [1.807, 2.05) is 4.90 Å². The molecule has 0 unspecified atom stereocenters. The van der Waals surface area contributed by atoms with E-state index in [0.717, 1.165) is 69.0 Å². The molecule has 0 aromatic heterocycles. The Morgan fingerprint density at radius 1 is 1.17 bits per heavy atom. The van der Waals surface area contributed by atoms with E-state index < -0.39 is 28.7 Å². The summed E-state index contributed by atoms with van der Waals surface area (Å²) in [5, 5.41) is 9.22. The van der Waals surface area contributed by atoms with Crippen molar-refractivity contribution in [2.24, 2.45) is 5.92 Å². The van der Waals surface area contributed by atoms with Gasteiger partial charge in [-0.25, -0.2) is 0 Å². The third-order valence-corrected chi connectivity index (χ3v) is 7.91. The van der Waals surface area contributed by atoms with Crippen LogP contribution in [0.2, 0.25) is 0 Å². The van der Waals surface area contributed by atoms with Crippen LogP contribution in [0.25, 0.3) is 0 Å². The van der Waals surface area contributed by atoms with Crippen LogP contribution < -0.4 is 4.90 Å². The van der Waals surface area contributed by atoms with Crippen LogP contribution >= 0.6 is 12.2 Å². The van der Waals surface area contributed by atoms with Crippen molar-refractivity contribution < 1.29 is 22.8 Å². The summed E-state index contributed by atoms with van der Waals surface area (Å²) in [6, 6.07) is 4.76. The van der Waals surface area contributed by atoms with Crippen LogP contribution in [0.5, 0.6) is 0 Å². The van der Waals surface area contributed by atoms with Gasteiger partial charge in [0.25, 0.3) is 5.91 Å². The lowest BCUT2D eigenvalue weighted by molar-refractivity contribution is -0.140. The van der Waals surface area contributed by atoms with Crippen LogP contribution in [0, 0.1) is 17.2 Å². The van der Waals surface area contributed by atoms with E-state index in [0.29, 0.717) is 13.0 Å². The molecule has 0 atom stereocenters. The van der Waals surface area contributed by atoms with Gasteiger partial charge in [0.05, 0.1) is 22.9 Å². The first-order chi connectivity index (χ1) is 16.9. The third-order valence-electron chi connectivity index (χ3n) is 7.51. The zero-order valence-electron chi connectivity index (χ0n) is 20.5. The number of benzene rings is 1. The summed E-state index contributed by atoms with van der Waals surface area (Å²) in [5.74, 6) is 0.0763. The molecule has 36 heavy (non-hydrogen) atoms. The molecule has 2 aliphatic heterocycles. The standard InChI is InChI=1S/C25H30F3N5O2S/c1-24(2)22(35)33(19-8-7-18(16-29)20(15-19)25(26,27)28)23(36)32(24)10-4-9-30-11-13-31(14-12-30)21(34)17-5-3-6-17/h7-8,15,17H,3-6,9-14H2,1-2H3. The van der Waals surface area contributed by atoms with Gasteiger partial charge in [-0.05, 0) is 70.1 Å². The molecule has 1 aromatic rings. The number of amides is 2. The number of nitriles is 1. The van der Waals surface area contributed by atoms with Crippen molar-refractivity contribution in [2.75, 3.05) is 44.2 Å². The molecule has 2 heterocycles. The van der Waals surface area contributed by atoms with E-state index in [1.165, 1.54) is 6.07 Å². The number of nitrogens with zero attached hydrogens (tertiary/aromatic N) is 5. The molecule has 2 amide bonds. The molecule has 1 saturated carbocycles. The molecule has 0 bridgehead atoms. The van der Waals surface area contributed by atoms with Crippen molar-refractivity contribution in [1.29, 1.82) is 5.26 Å². The molecule has 0 spiro atoms. The number of anilines is 1. The van der Waals surface area contributed by atoms with E-state index in [-0.39, 0.29) is 22.6 Å². The highest BCUT2D eigenvalue weighted by Crippen LogP contribution is 2.38. The number of hydrogen-bond acceptors (Lipinski definition) is 5. The van der Waals surface area contributed by atoms with E-state index in [4.69, 9.17) is 17.5 Å². The van der Waals surface area contributed by atoms with Gasteiger partial charge in [-0.2, -0.15) is 18.4 Å². The Balaban J connectivity index is 1.37. The normalized spacial score (nSPS) is 21.1. The van der Waals surface area contributed by atoms with Gasteiger partial charge in [0.2, 0.25) is 5.91 Å². The second-order valence-electron chi connectivity index (χ2n) is 10.1. The maximum atomic E-state index is 13.5. The fraction of sp³-hybridized carbons (Fsp3) is 0.600. The van der Waals surface area contributed by atoms with Gasteiger partial charge < -0.3 is 9.80 Å². The van der Waals surface area contributed by atoms with Gasteiger partial charge in [-0.1, -0.05) is 6.42 Å². The number of piperazine rings is 1. The maximum absolute atomic E-state index is 13.5. The smallest absolute Gasteiger partial charge is 0.340 e. The Hall–Kier alpha value is -2.71. The largest absolute Gasteiger partial charge is 0.417 e. The van der Waals surface area contributed by atoms with Crippen LogP contribution in [0.3, 0.4) is 0 Å². The summed E-state index contributed by atoms with van der Waals surface area (Å²) in [7, 11) is 0. The van der Waals surface area contributed by atoms with Crippen molar-refractivity contribution in [3.8, 4) is 6.07 Å². The highest BCUT2D eigenvalue weighted by atomic mass is 32.1. The number of halogens is 3. The number of carbonyl (C=O) groups is 2. The summed E-state index contributed by atoms with van der Waals surface area (Å²) >= 11 is 5.55. The average Bonchev–Trinajstić information content (AvgIpc) is 2.96. The quantitative estimate of drug-likeness (QED) is 0.533. The number of rotatable bonds is 6. The van der Waals surface area contributed by atoms with Gasteiger partial charge in [-0.15, -0.1) is 0 Å². The predicted molar refractivity (Wildman–Crippen MR) is 132 cm³/mol. The third kappa shape index (κ3) is 4.93. The van der Waals surface area contributed by atoms with Gasteiger partial charge in [-0.3, -0.25) is 19.4 Å². The number of carbonyl (C=O) groups excluding carboxylic acids is 2. The first-order valence-corrected chi connectivity index (χ1v) is 12.6. The minimum absolute atomic E-state index is 0.000785. The second-order valence-corrected chi connectivity index (χ2v) is 10.5. The van der Waals surface area contributed by atoms with Crippen molar-refractivity contribution in [2.45, 2.75) is 51.2 Å². The van der Waals surface area contributed by atoms with Gasteiger partial charge in [0.15, 0.2) is 5.11 Å². The molecule has 4 rings (SSSR count). The summed E-state index contributed by atoms with van der Waals surface area (Å²) in [6.07, 6.45) is -0.879. The molecule has 11 heteroatoms. The van der Waals surface area contributed by atoms with E-state index in [2.05, 4.69) is 4.90 Å². The molecule has 2 saturated heterocycles. The van der Waals surface area contributed by atoms with E-state index in [1.54, 1.807) is 24.8 Å². The second kappa shape index (κ2) is 9.98. The lowest BCUT2D eigenvalue weighted by Crippen LogP contribution is -2.51.